The van der Waals surface area contributed by atoms with Crippen molar-refractivity contribution in [1.82, 2.24) is 15.5 Å². The molecule has 1 saturated heterocycles. The molecule has 1 fully saturated rings. The van der Waals surface area contributed by atoms with E-state index in [1.165, 1.54) is 6.92 Å². The number of carboxylic acid groups (broad SMARTS) is 1. The second-order valence-corrected chi connectivity index (χ2v) is 5.28. The lowest BCUT2D eigenvalue weighted by molar-refractivity contribution is -0.144. The highest BCUT2D eigenvalue weighted by Crippen LogP contribution is 2.12. The van der Waals surface area contributed by atoms with Crippen LogP contribution in [0.3, 0.4) is 0 Å². The van der Waals surface area contributed by atoms with Crippen LogP contribution in [0.5, 0.6) is 0 Å². The van der Waals surface area contributed by atoms with Crippen LogP contribution in [0.15, 0.2) is 0 Å². The largest absolute Gasteiger partial charge is 0.480 e. The molecule has 0 saturated carbocycles. The number of carbonyl (C=O) groups excluding carboxylic acids is 2. The zero-order valence-corrected chi connectivity index (χ0v) is 12.1. The highest BCUT2D eigenvalue weighted by Gasteiger charge is 2.33. The van der Waals surface area contributed by atoms with Gasteiger partial charge in [0.1, 0.15) is 5.54 Å². The van der Waals surface area contributed by atoms with E-state index in [0.717, 1.165) is 25.9 Å². The van der Waals surface area contributed by atoms with E-state index in [1.807, 2.05) is 6.92 Å². The Kier molecular flexibility index (Phi) is 5.79. The van der Waals surface area contributed by atoms with Crippen LogP contribution in [-0.2, 0) is 9.59 Å². The van der Waals surface area contributed by atoms with E-state index in [-0.39, 0.29) is 12.5 Å². The zero-order chi connectivity index (χ0) is 15.2. The summed E-state index contributed by atoms with van der Waals surface area (Å²) < 4.78 is 0. The van der Waals surface area contributed by atoms with E-state index in [4.69, 9.17) is 5.11 Å². The number of urea groups is 1. The average molecular weight is 285 g/mol. The number of hydrogen-bond donors (Lipinski definition) is 3. The molecule has 7 nitrogen and oxygen atoms in total. The molecule has 7 heteroatoms. The maximum absolute atomic E-state index is 11.7. The van der Waals surface area contributed by atoms with Crippen LogP contribution in [0.4, 0.5) is 4.79 Å². The molecule has 1 rings (SSSR count). The second-order valence-electron chi connectivity index (χ2n) is 5.28. The minimum atomic E-state index is -1.31. The number of rotatable bonds is 6. The molecule has 3 amide bonds. The second kappa shape index (κ2) is 7.12. The first-order valence-corrected chi connectivity index (χ1v) is 6.96. The molecular weight excluding hydrogens is 262 g/mol. The predicted molar refractivity (Wildman–Crippen MR) is 73.3 cm³/mol. The summed E-state index contributed by atoms with van der Waals surface area (Å²) in [6, 6.07) is -0.629. The predicted octanol–water partition coefficient (Wildman–Crippen LogP) is 0.551. The number of nitrogens with one attached hydrogen (secondary N) is 2. The Hall–Kier alpha value is -1.79. The third-order valence-corrected chi connectivity index (χ3v) is 3.47. The lowest BCUT2D eigenvalue weighted by Crippen LogP contribution is -2.56. The molecule has 3 N–H and O–H groups in total. The maximum atomic E-state index is 11.7. The minimum Gasteiger partial charge on any atom is -0.480 e. The highest BCUT2D eigenvalue weighted by molar-refractivity contribution is 5.88. The maximum Gasteiger partial charge on any atom is 0.329 e. The fraction of sp³-hybridized carbons (Fsp3) is 0.769. The van der Waals surface area contributed by atoms with Crippen LogP contribution in [0.1, 0.15) is 39.5 Å². The molecule has 0 bridgehead atoms. The van der Waals surface area contributed by atoms with Crippen molar-refractivity contribution in [2.45, 2.75) is 45.1 Å². The molecule has 0 aromatic rings. The Morgan fingerprint density at radius 1 is 1.25 bits per heavy atom. The van der Waals surface area contributed by atoms with Crippen LogP contribution in [-0.4, -0.2) is 53.1 Å². The molecule has 1 atom stereocenters. The Morgan fingerprint density at radius 2 is 1.85 bits per heavy atom. The van der Waals surface area contributed by atoms with Crippen LogP contribution in [0.25, 0.3) is 0 Å². The van der Waals surface area contributed by atoms with E-state index in [2.05, 4.69) is 10.6 Å². The van der Waals surface area contributed by atoms with Crippen molar-refractivity contribution < 1.29 is 19.5 Å². The van der Waals surface area contributed by atoms with Crippen LogP contribution < -0.4 is 10.6 Å². The third-order valence-electron chi connectivity index (χ3n) is 3.47. The topological polar surface area (TPSA) is 98.7 Å². The Labute approximate surface area is 118 Å². The molecule has 0 aliphatic carbocycles. The van der Waals surface area contributed by atoms with Crippen LogP contribution in [0.2, 0.25) is 0 Å². The Morgan fingerprint density at radius 3 is 2.35 bits per heavy atom. The number of hydrogen-bond acceptors (Lipinski definition) is 3. The monoisotopic (exact) mass is 285 g/mol. The normalized spacial score (nSPS) is 17.4. The Balaban J connectivity index is 2.41. The SMILES string of the molecule is CCCC(C)(NC(=O)NCC(=O)N1CCCC1)C(=O)O. The molecule has 0 spiro atoms. The van der Waals surface area contributed by atoms with Crippen LogP contribution >= 0.6 is 0 Å². The molecule has 0 aromatic carbocycles. The molecule has 20 heavy (non-hydrogen) atoms. The minimum absolute atomic E-state index is 0.104. The lowest BCUT2D eigenvalue weighted by Gasteiger charge is -2.26. The number of carbonyl (C=O) groups is 3. The number of nitrogens with zero attached hydrogens (tertiary/aromatic N) is 1. The van der Waals surface area contributed by atoms with Crippen molar-refractivity contribution in [3.8, 4) is 0 Å². The molecule has 1 heterocycles. The van der Waals surface area contributed by atoms with Gasteiger partial charge in [0.25, 0.3) is 0 Å². The van der Waals surface area contributed by atoms with Gasteiger partial charge in [0.15, 0.2) is 0 Å². The number of likely N-dealkylation sites (tertiary alicyclic amines) is 1. The molecule has 114 valence electrons. The van der Waals surface area contributed by atoms with E-state index < -0.39 is 17.5 Å². The summed E-state index contributed by atoms with van der Waals surface area (Å²) in [7, 11) is 0. The summed E-state index contributed by atoms with van der Waals surface area (Å²) in [4.78, 5) is 36.3. The van der Waals surface area contributed by atoms with Crippen molar-refractivity contribution in [2.75, 3.05) is 19.6 Å². The molecular formula is C13H23N3O4. The van der Waals surface area contributed by atoms with Gasteiger partial charge < -0.3 is 20.6 Å². The summed E-state index contributed by atoms with van der Waals surface area (Å²) in [5.41, 5.74) is -1.31. The van der Waals surface area contributed by atoms with Gasteiger partial charge in [-0.15, -0.1) is 0 Å². The summed E-state index contributed by atoms with van der Waals surface area (Å²) in [6.07, 6.45) is 2.95. The molecule has 0 radical (unpaired) electrons. The lowest BCUT2D eigenvalue weighted by atomic mass is 9.97. The van der Waals surface area contributed by atoms with Gasteiger partial charge in [0.2, 0.25) is 5.91 Å². The molecule has 0 aromatic heterocycles. The van der Waals surface area contributed by atoms with Crippen molar-refractivity contribution in [3.63, 3.8) is 0 Å². The summed E-state index contributed by atoms with van der Waals surface area (Å²) in [6.45, 7) is 4.65. The summed E-state index contributed by atoms with van der Waals surface area (Å²) in [5.74, 6) is -1.22. The Bertz CT molecular complexity index is 380. The van der Waals surface area contributed by atoms with Gasteiger partial charge in [-0.2, -0.15) is 0 Å². The fourth-order valence-electron chi connectivity index (χ4n) is 2.25. The van der Waals surface area contributed by atoms with Gasteiger partial charge in [0.05, 0.1) is 6.54 Å². The van der Waals surface area contributed by atoms with Gasteiger partial charge in [-0.3, -0.25) is 4.79 Å². The highest BCUT2D eigenvalue weighted by atomic mass is 16.4. The summed E-state index contributed by atoms with van der Waals surface area (Å²) in [5, 5.41) is 14.0. The van der Waals surface area contributed by atoms with Gasteiger partial charge in [-0.05, 0) is 26.2 Å². The number of amides is 3. The first-order chi connectivity index (χ1) is 9.39. The van der Waals surface area contributed by atoms with E-state index in [1.54, 1.807) is 4.90 Å². The molecule has 1 unspecified atom stereocenters. The standard InChI is InChI=1S/C13H23N3O4/c1-3-6-13(2,11(18)19)15-12(20)14-9-10(17)16-7-4-5-8-16/h3-9H2,1-2H3,(H,18,19)(H2,14,15,20). The molecule has 1 aliphatic rings. The van der Waals surface area contributed by atoms with Crippen LogP contribution in [0, 0.1) is 0 Å². The fourth-order valence-corrected chi connectivity index (χ4v) is 2.25. The third kappa shape index (κ3) is 4.40. The van der Waals surface area contributed by atoms with Crippen molar-refractivity contribution in [2.24, 2.45) is 0 Å². The smallest absolute Gasteiger partial charge is 0.329 e. The van der Waals surface area contributed by atoms with E-state index >= 15 is 0 Å². The van der Waals surface area contributed by atoms with E-state index in [9.17, 15) is 14.4 Å². The van der Waals surface area contributed by atoms with Crippen molar-refractivity contribution in [1.29, 1.82) is 0 Å². The average Bonchev–Trinajstić information content (AvgIpc) is 2.89. The zero-order valence-electron chi connectivity index (χ0n) is 12.1. The quantitative estimate of drug-likeness (QED) is 0.663. The van der Waals surface area contributed by atoms with Gasteiger partial charge in [-0.25, -0.2) is 9.59 Å². The first kappa shape index (κ1) is 16.3. The number of aliphatic carboxylic acids is 1. The van der Waals surface area contributed by atoms with Gasteiger partial charge >= 0.3 is 12.0 Å². The van der Waals surface area contributed by atoms with E-state index in [0.29, 0.717) is 12.8 Å². The van der Waals surface area contributed by atoms with Crippen molar-refractivity contribution >= 4 is 17.9 Å². The van der Waals surface area contributed by atoms with Gasteiger partial charge in [0, 0.05) is 13.1 Å². The van der Waals surface area contributed by atoms with Crippen molar-refractivity contribution in [3.05, 3.63) is 0 Å². The number of carboxylic acids is 1. The van der Waals surface area contributed by atoms with Gasteiger partial charge in [-0.1, -0.05) is 13.3 Å². The molecule has 1 aliphatic heterocycles. The summed E-state index contributed by atoms with van der Waals surface area (Å²) >= 11 is 0. The first-order valence-electron chi connectivity index (χ1n) is 6.96.